The Morgan fingerprint density at radius 3 is 2.15 bits per heavy atom. The monoisotopic (exact) mass is 477 g/mol. The Kier molecular flexibility index (Phi) is 9.40. The second kappa shape index (κ2) is 11.8. The maximum Gasteiger partial charge on any atom is 0.242 e. The minimum Gasteiger partial charge on any atom is -0.352 e. The fourth-order valence-corrected chi connectivity index (χ4v) is 4.34. The smallest absolute Gasteiger partial charge is 0.242 e. The van der Waals surface area contributed by atoms with Gasteiger partial charge in [0, 0.05) is 25.6 Å². The van der Waals surface area contributed by atoms with Crippen molar-refractivity contribution >= 4 is 27.5 Å². The van der Waals surface area contributed by atoms with E-state index in [0.29, 0.717) is 5.69 Å². The molecule has 1 N–H and O–H groups in total. The molecule has 180 valence electrons. The van der Waals surface area contributed by atoms with E-state index < -0.39 is 21.9 Å². The van der Waals surface area contributed by atoms with Crippen LogP contribution in [0.1, 0.15) is 39.2 Å². The molecule has 0 spiro atoms. The van der Waals surface area contributed by atoms with E-state index in [0.717, 1.165) is 16.1 Å². The Balaban J connectivity index is 2.13. The van der Waals surface area contributed by atoms with Gasteiger partial charge in [0.05, 0.1) is 11.9 Å². The molecule has 2 aromatic rings. The molecular formula is C24H32FN3O4S. The summed E-state index contributed by atoms with van der Waals surface area (Å²) in [6.07, 6.45) is 1.37. The SMILES string of the molecule is CC(C)NC(=O)C(C)N(Cc1ccccc1)C(=O)CCCN(c1ccc(F)cc1)S(C)(=O)=O. The van der Waals surface area contributed by atoms with Crippen LogP contribution in [0.4, 0.5) is 10.1 Å². The number of sulfonamides is 1. The van der Waals surface area contributed by atoms with Gasteiger partial charge in [-0.25, -0.2) is 12.8 Å². The van der Waals surface area contributed by atoms with Gasteiger partial charge in [0.2, 0.25) is 21.8 Å². The maximum atomic E-state index is 13.2. The molecule has 2 rings (SSSR count). The van der Waals surface area contributed by atoms with Crippen molar-refractivity contribution in [3.63, 3.8) is 0 Å². The normalized spacial score (nSPS) is 12.3. The average Bonchev–Trinajstić information content (AvgIpc) is 2.74. The zero-order valence-corrected chi connectivity index (χ0v) is 20.3. The number of hydrogen-bond donors (Lipinski definition) is 1. The lowest BCUT2D eigenvalue weighted by atomic mass is 10.1. The van der Waals surface area contributed by atoms with Gasteiger partial charge in [0.1, 0.15) is 11.9 Å². The molecule has 0 aliphatic heterocycles. The van der Waals surface area contributed by atoms with Crippen LogP contribution in [0.3, 0.4) is 0 Å². The van der Waals surface area contributed by atoms with Gasteiger partial charge >= 0.3 is 0 Å². The summed E-state index contributed by atoms with van der Waals surface area (Å²) in [5, 5.41) is 2.83. The highest BCUT2D eigenvalue weighted by Crippen LogP contribution is 2.19. The molecule has 2 aromatic carbocycles. The van der Waals surface area contributed by atoms with Gasteiger partial charge in [0.25, 0.3) is 0 Å². The number of carbonyl (C=O) groups excluding carboxylic acids is 2. The lowest BCUT2D eigenvalue weighted by Gasteiger charge is -2.30. The van der Waals surface area contributed by atoms with Crippen molar-refractivity contribution < 1.29 is 22.4 Å². The molecule has 0 bridgehead atoms. The van der Waals surface area contributed by atoms with E-state index in [1.165, 1.54) is 29.2 Å². The molecule has 0 heterocycles. The highest BCUT2D eigenvalue weighted by atomic mass is 32.2. The summed E-state index contributed by atoms with van der Waals surface area (Å²) < 4.78 is 38.9. The summed E-state index contributed by atoms with van der Waals surface area (Å²) in [6, 6.07) is 13.8. The molecule has 0 aliphatic carbocycles. The van der Waals surface area contributed by atoms with E-state index >= 15 is 0 Å². The summed E-state index contributed by atoms with van der Waals surface area (Å²) in [6.45, 7) is 5.70. The predicted octanol–water partition coefficient (Wildman–Crippen LogP) is 3.31. The Morgan fingerprint density at radius 1 is 1.00 bits per heavy atom. The molecule has 33 heavy (non-hydrogen) atoms. The first kappa shape index (κ1) is 26.3. The zero-order chi connectivity index (χ0) is 24.6. The highest BCUT2D eigenvalue weighted by Gasteiger charge is 2.27. The van der Waals surface area contributed by atoms with Gasteiger partial charge in [0.15, 0.2) is 0 Å². The Hall–Kier alpha value is -2.94. The van der Waals surface area contributed by atoms with Crippen molar-refractivity contribution in [1.29, 1.82) is 0 Å². The zero-order valence-electron chi connectivity index (χ0n) is 19.5. The predicted molar refractivity (Wildman–Crippen MR) is 128 cm³/mol. The Morgan fingerprint density at radius 2 is 1.61 bits per heavy atom. The molecule has 0 radical (unpaired) electrons. The number of nitrogens with one attached hydrogen (secondary N) is 1. The lowest BCUT2D eigenvalue weighted by molar-refractivity contribution is -0.140. The molecule has 0 saturated carbocycles. The fraction of sp³-hybridized carbons (Fsp3) is 0.417. The lowest BCUT2D eigenvalue weighted by Crippen LogP contribution is -2.49. The third-order valence-corrected chi connectivity index (χ3v) is 6.25. The summed E-state index contributed by atoms with van der Waals surface area (Å²) in [7, 11) is -3.62. The first-order valence-corrected chi connectivity index (χ1v) is 12.7. The molecule has 0 saturated heterocycles. The molecule has 0 aromatic heterocycles. The van der Waals surface area contributed by atoms with Gasteiger partial charge in [-0.15, -0.1) is 0 Å². The van der Waals surface area contributed by atoms with Crippen molar-refractivity contribution in [2.75, 3.05) is 17.1 Å². The van der Waals surface area contributed by atoms with Crippen LogP contribution in [0, 0.1) is 5.82 Å². The summed E-state index contributed by atoms with van der Waals surface area (Å²) in [4.78, 5) is 27.2. The van der Waals surface area contributed by atoms with Crippen LogP contribution in [0.5, 0.6) is 0 Å². The molecule has 0 aliphatic rings. The van der Waals surface area contributed by atoms with Gasteiger partial charge in [-0.05, 0) is 57.0 Å². The molecular weight excluding hydrogens is 445 g/mol. The second-order valence-electron chi connectivity index (χ2n) is 8.26. The molecule has 0 fully saturated rings. The van der Waals surface area contributed by atoms with Crippen molar-refractivity contribution in [3.05, 3.63) is 66.0 Å². The Labute approximate surface area is 195 Å². The van der Waals surface area contributed by atoms with Gasteiger partial charge < -0.3 is 10.2 Å². The summed E-state index contributed by atoms with van der Waals surface area (Å²) >= 11 is 0. The second-order valence-corrected chi connectivity index (χ2v) is 10.2. The first-order chi connectivity index (χ1) is 15.5. The minimum absolute atomic E-state index is 0.0549. The third kappa shape index (κ3) is 8.16. The van der Waals surface area contributed by atoms with Crippen LogP contribution in [-0.2, 0) is 26.2 Å². The number of rotatable bonds is 11. The summed E-state index contributed by atoms with van der Waals surface area (Å²) in [5.74, 6) is -0.969. The average molecular weight is 478 g/mol. The number of anilines is 1. The minimum atomic E-state index is -3.62. The molecule has 1 unspecified atom stereocenters. The number of halogens is 1. The van der Waals surface area contributed by atoms with Gasteiger partial charge in [-0.2, -0.15) is 0 Å². The molecule has 1 atom stereocenters. The van der Waals surface area contributed by atoms with E-state index in [-0.39, 0.29) is 43.8 Å². The number of hydrogen-bond acceptors (Lipinski definition) is 4. The standard InChI is InChI=1S/C24H32FN3O4S/c1-18(2)26-24(30)19(3)27(17-20-9-6-5-7-10-20)23(29)11-8-16-28(33(4,31)32)22-14-12-21(25)13-15-22/h5-7,9-10,12-15,18-19H,8,11,16-17H2,1-4H3,(H,26,30). The van der Waals surface area contributed by atoms with Gasteiger partial charge in [-0.1, -0.05) is 30.3 Å². The number of amides is 2. The van der Waals surface area contributed by atoms with E-state index in [4.69, 9.17) is 0 Å². The van der Waals surface area contributed by atoms with E-state index in [9.17, 15) is 22.4 Å². The van der Waals surface area contributed by atoms with Crippen LogP contribution in [0.2, 0.25) is 0 Å². The number of benzene rings is 2. The van der Waals surface area contributed by atoms with Crippen molar-refractivity contribution in [3.8, 4) is 0 Å². The van der Waals surface area contributed by atoms with Crippen molar-refractivity contribution in [2.45, 2.75) is 52.2 Å². The van der Waals surface area contributed by atoms with E-state index in [1.54, 1.807) is 6.92 Å². The highest BCUT2D eigenvalue weighted by molar-refractivity contribution is 7.92. The molecule has 9 heteroatoms. The number of nitrogens with zero attached hydrogens (tertiary/aromatic N) is 2. The van der Waals surface area contributed by atoms with Crippen molar-refractivity contribution in [1.82, 2.24) is 10.2 Å². The summed E-state index contributed by atoms with van der Waals surface area (Å²) in [5.41, 5.74) is 1.22. The van der Waals surface area contributed by atoms with Crippen LogP contribution >= 0.6 is 0 Å². The van der Waals surface area contributed by atoms with Crippen LogP contribution in [0.25, 0.3) is 0 Å². The van der Waals surface area contributed by atoms with Crippen LogP contribution < -0.4 is 9.62 Å². The number of carbonyl (C=O) groups is 2. The quantitative estimate of drug-likeness (QED) is 0.538. The Bertz CT molecular complexity index is 1030. The third-order valence-electron chi connectivity index (χ3n) is 5.06. The maximum absolute atomic E-state index is 13.2. The van der Waals surface area contributed by atoms with Crippen molar-refractivity contribution in [2.24, 2.45) is 0 Å². The molecule has 2 amide bonds. The van der Waals surface area contributed by atoms with Crippen LogP contribution in [-0.4, -0.2) is 50.0 Å². The molecule has 7 nitrogen and oxygen atoms in total. The van der Waals surface area contributed by atoms with Gasteiger partial charge in [-0.3, -0.25) is 13.9 Å². The fourth-order valence-electron chi connectivity index (χ4n) is 3.38. The van der Waals surface area contributed by atoms with E-state index in [1.807, 2.05) is 44.2 Å². The topological polar surface area (TPSA) is 86.8 Å². The van der Waals surface area contributed by atoms with E-state index in [2.05, 4.69) is 5.32 Å². The first-order valence-electron chi connectivity index (χ1n) is 10.9. The van der Waals surface area contributed by atoms with Crippen LogP contribution in [0.15, 0.2) is 54.6 Å². The largest absolute Gasteiger partial charge is 0.352 e.